The molecule has 0 saturated carbocycles. The number of carbonyl (C=O) groups is 1. The highest BCUT2D eigenvalue weighted by molar-refractivity contribution is 6.84. The summed E-state index contributed by atoms with van der Waals surface area (Å²) in [7, 11) is 1.46. The fourth-order valence-electron chi connectivity index (χ4n) is 1.24. The van der Waals surface area contributed by atoms with Crippen LogP contribution in [0.15, 0.2) is 18.2 Å². The van der Waals surface area contributed by atoms with Gasteiger partial charge in [-0.25, -0.2) is 4.39 Å². The smallest absolute Gasteiger partial charge is 0.241 e. The van der Waals surface area contributed by atoms with Gasteiger partial charge in [0.05, 0.1) is 11.4 Å². The van der Waals surface area contributed by atoms with E-state index in [9.17, 15) is 9.18 Å². The molecule has 2 nitrogen and oxygen atoms in total. The van der Waals surface area contributed by atoms with Crippen molar-refractivity contribution in [2.24, 2.45) is 0 Å². The molecule has 0 heterocycles. The van der Waals surface area contributed by atoms with Crippen LogP contribution in [0.4, 0.5) is 10.1 Å². The van der Waals surface area contributed by atoms with Crippen molar-refractivity contribution in [3.63, 3.8) is 0 Å². The highest BCUT2D eigenvalue weighted by Crippen LogP contribution is 2.05. The predicted molar refractivity (Wildman–Crippen MR) is 60.7 cm³/mol. The van der Waals surface area contributed by atoms with Crippen LogP contribution in [0, 0.1) is 5.82 Å². The number of nitrogens with two attached hydrogens (primary N) is 1. The number of hydrogen-bond donors (Lipinski definition) is 1. The Morgan fingerprint density at radius 1 is 1.53 bits per heavy atom. The summed E-state index contributed by atoms with van der Waals surface area (Å²) in [4.78, 5) is 11.4. The number of nitrogen functional groups attached to an aromatic ring is 1. The first-order valence-corrected chi connectivity index (χ1v) is 5.06. The molecule has 0 aliphatic carbocycles. The lowest BCUT2D eigenvalue weighted by atomic mass is 9.65. The summed E-state index contributed by atoms with van der Waals surface area (Å²) in [5.41, 5.74) is 6.03. The van der Waals surface area contributed by atoms with Crippen LogP contribution < -0.4 is 11.2 Å². The van der Waals surface area contributed by atoms with Gasteiger partial charge in [0.2, 0.25) is 7.28 Å². The third-order valence-electron chi connectivity index (χ3n) is 2.13. The van der Waals surface area contributed by atoms with E-state index in [1.807, 2.05) is 6.92 Å². The van der Waals surface area contributed by atoms with Crippen molar-refractivity contribution in [3.8, 4) is 0 Å². The molecule has 1 rings (SSSR count). The SMILES string of the molecule is CCCCC(=O)[B]c1ccc(N)c(F)c1. The average molecular weight is 206 g/mol. The maximum Gasteiger partial charge on any atom is 0.241 e. The monoisotopic (exact) mass is 206 g/mol. The molecule has 0 aliphatic rings. The molecule has 0 saturated heterocycles. The quantitative estimate of drug-likeness (QED) is 0.585. The van der Waals surface area contributed by atoms with Gasteiger partial charge in [-0.05, 0) is 25.0 Å². The highest BCUT2D eigenvalue weighted by Gasteiger charge is 2.07. The Labute approximate surface area is 89.9 Å². The minimum Gasteiger partial charge on any atom is -0.396 e. The molecule has 0 fully saturated rings. The van der Waals surface area contributed by atoms with E-state index in [-0.39, 0.29) is 11.4 Å². The van der Waals surface area contributed by atoms with Crippen LogP contribution in [0.1, 0.15) is 26.2 Å². The number of carbonyl (C=O) groups excluding carboxylic acids is 1. The summed E-state index contributed by atoms with van der Waals surface area (Å²) in [6.07, 6.45) is 2.37. The molecule has 1 aromatic carbocycles. The van der Waals surface area contributed by atoms with Gasteiger partial charge in [-0.3, -0.25) is 0 Å². The molecule has 0 spiro atoms. The standard InChI is InChI=1S/C11H14BFNO/c1-2-3-4-11(15)12-8-5-6-10(14)9(13)7-8/h5-7H,2-4,14H2,1H3. The second-order valence-corrected chi connectivity index (χ2v) is 3.50. The molecule has 0 unspecified atom stereocenters. The highest BCUT2D eigenvalue weighted by atomic mass is 19.1. The van der Waals surface area contributed by atoms with Crippen LogP contribution in [0.5, 0.6) is 0 Å². The molecule has 0 atom stereocenters. The molecule has 79 valence electrons. The van der Waals surface area contributed by atoms with Gasteiger partial charge in [-0.1, -0.05) is 24.9 Å². The molecule has 0 aromatic heterocycles. The Morgan fingerprint density at radius 2 is 2.27 bits per heavy atom. The zero-order valence-electron chi connectivity index (χ0n) is 8.79. The Balaban J connectivity index is 2.57. The zero-order chi connectivity index (χ0) is 11.3. The fraction of sp³-hybridized carbons (Fsp3) is 0.364. The second kappa shape index (κ2) is 5.54. The predicted octanol–water partition coefficient (Wildman–Crippen LogP) is 1.45. The minimum absolute atomic E-state index is 0.0287. The Morgan fingerprint density at radius 3 is 2.87 bits per heavy atom. The number of halogens is 1. The number of hydrogen-bond acceptors (Lipinski definition) is 2. The number of anilines is 1. The van der Waals surface area contributed by atoms with E-state index in [0.29, 0.717) is 11.9 Å². The van der Waals surface area contributed by atoms with Crippen molar-refractivity contribution < 1.29 is 9.18 Å². The fourth-order valence-corrected chi connectivity index (χ4v) is 1.24. The van der Waals surface area contributed by atoms with Gasteiger partial charge in [0, 0.05) is 0 Å². The van der Waals surface area contributed by atoms with Crippen LogP contribution in [-0.4, -0.2) is 13.0 Å². The first-order chi connectivity index (χ1) is 7.13. The third-order valence-corrected chi connectivity index (χ3v) is 2.13. The molecule has 2 N–H and O–H groups in total. The number of unbranched alkanes of at least 4 members (excludes halogenated alkanes) is 1. The van der Waals surface area contributed by atoms with Gasteiger partial charge in [-0.2, -0.15) is 0 Å². The lowest BCUT2D eigenvalue weighted by Gasteiger charge is -2.01. The summed E-state index contributed by atoms with van der Waals surface area (Å²) in [5, 5.41) is 0. The lowest BCUT2D eigenvalue weighted by Crippen LogP contribution is -2.24. The van der Waals surface area contributed by atoms with Crippen molar-refractivity contribution in [1.82, 2.24) is 0 Å². The van der Waals surface area contributed by atoms with E-state index < -0.39 is 5.82 Å². The summed E-state index contributed by atoms with van der Waals surface area (Å²) in [6.45, 7) is 2.02. The molecular weight excluding hydrogens is 192 g/mol. The molecular formula is C11H14BFNO. The van der Waals surface area contributed by atoms with Crippen molar-refractivity contribution in [1.29, 1.82) is 0 Å². The molecule has 0 aliphatic heterocycles. The van der Waals surface area contributed by atoms with Crippen molar-refractivity contribution in [3.05, 3.63) is 24.0 Å². The zero-order valence-corrected chi connectivity index (χ0v) is 8.79. The van der Waals surface area contributed by atoms with Gasteiger partial charge in [0.15, 0.2) is 0 Å². The van der Waals surface area contributed by atoms with E-state index in [1.54, 1.807) is 6.07 Å². The van der Waals surface area contributed by atoms with Crippen LogP contribution in [0.2, 0.25) is 0 Å². The van der Waals surface area contributed by atoms with Crippen molar-refractivity contribution >= 4 is 24.1 Å². The maximum absolute atomic E-state index is 13.0. The first-order valence-electron chi connectivity index (χ1n) is 5.06. The molecule has 4 heteroatoms. The van der Waals surface area contributed by atoms with Gasteiger partial charge in [-0.15, -0.1) is 0 Å². The minimum atomic E-state index is -0.480. The second-order valence-electron chi connectivity index (χ2n) is 3.50. The summed E-state index contributed by atoms with van der Waals surface area (Å²) < 4.78 is 13.0. The molecule has 1 aromatic rings. The van der Waals surface area contributed by atoms with E-state index >= 15 is 0 Å². The van der Waals surface area contributed by atoms with E-state index in [2.05, 4.69) is 0 Å². The van der Waals surface area contributed by atoms with Crippen LogP contribution in [0.3, 0.4) is 0 Å². The van der Waals surface area contributed by atoms with Gasteiger partial charge < -0.3 is 10.5 Å². The van der Waals surface area contributed by atoms with Crippen molar-refractivity contribution in [2.75, 3.05) is 5.73 Å². The number of rotatable bonds is 5. The largest absolute Gasteiger partial charge is 0.396 e. The summed E-state index contributed by atoms with van der Waals surface area (Å²) >= 11 is 0. The first kappa shape index (κ1) is 11.8. The Bertz CT molecular complexity index is 354. The van der Waals surface area contributed by atoms with Crippen molar-refractivity contribution in [2.45, 2.75) is 26.2 Å². The van der Waals surface area contributed by atoms with Gasteiger partial charge in [0.25, 0.3) is 0 Å². The summed E-state index contributed by atoms with van der Waals surface area (Å²) in [6, 6.07) is 4.38. The number of benzene rings is 1. The third kappa shape index (κ3) is 3.74. The molecule has 0 amide bonds. The normalized spacial score (nSPS) is 10.0. The van der Waals surface area contributed by atoms with E-state index in [4.69, 9.17) is 5.73 Å². The topological polar surface area (TPSA) is 43.1 Å². The molecule has 1 radical (unpaired) electrons. The molecule has 15 heavy (non-hydrogen) atoms. The van der Waals surface area contributed by atoms with Crippen LogP contribution in [-0.2, 0) is 4.79 Å². The Hall–Kier alpha value is -1.32. The maximum atomic E-state index is 13.0. The Kier molecular flexibility index (Phi) is 4.34. The van der Waals surface area contributed by atoms with Crippen LogP contribution >= 0.6 is 0 Å². The van der Waals surface area contributed by atoms with Gasteiger partial charge in [0.1, 0.15) is 5.82 Å². The van der Waals surface area contributed by atoms with Gasteiger partial charge >= 0.3 is 0 Å². The lowest BCUT2D eigenvalue weighted by molar-refractivity contribution is -0.112. The summed E-state index contributed by atoms with van der Waals surface area (Å²) in [5.74, 6) is -0.480. The van der Waals surface area contributed by atoms with E-state index in [0.717, 1.165) is 12.8 Å². The average Bonchev–Trinajstić information content (AvgIpc) is 2.20. The van der Waals surface area contributed by atoms with Crippen LogP contribution in [0.25, 0.3) is 0 Å². The molecule has 0 bridgehead atoms. The van der Waals surface area contributed by atoms with E-state index in [1.165, 1.54) is 19.4 Å².